The molecule has 31 heavy (non-hydrogen) atoms. The molecule has 1 aromatic heterocycles. The van der Waals surface area contributed by atoms with Crippen molar-refractivity contribution in [1.29, 1.82) is 0 Å². The average molecular weight is 422 g/mol. The molecule has 2 atom stereocenters. The second-order valence-corrected chi connectivity index (χ2v) is 7.31. The van der Waals surface area contributed by atoms with Crippen molar-refractivity contribution in [2.75, 3.05) is 12.4 Å². The van der Waals surface area contributed by atoms with Crippen molar-refractivity contribution in [1.82, 2.24) is 15.3 Å². The van der Waals surface area contributed by atoms with Gasteiger partial charge in [0.2, 0.25) is 5.95 Å². The van der Waals surface area contributed by atoms with Gasteiger partial charge in [-0.1, -0.05) is 6.07 Å². The molecule has 0 radical (unpaired) electrons. The maximum atomic E-state index is 14.6. The molecule has 1 saturated carbocycles. The van der Waals surface area contributed by atoms with Crippen LogP contribution in [-0.2, 0) is 4.79 Å². The van der Waals surface area contributed by atoms with Crippen molar-refractivity contribution in [3.05, 3.63) is 48.2 Å². The number of rotatable bonds is 5. The first kappa shape index (κ1) is 20.5. The molecule has 2 aromatic carbocycles. The Morgan fingerprint density at radius 2 is 2.03 bits per heavy atom. The summed E-state index contributed by atoms with van der Waals surface area (Å²) in [4.78, 5) is 20.3. The summed E-state index contributed by atoms with van der Waals surface area (Å²) in [5, 5.41) is 6.69. The topological polar surface area (TPSA) is 76.1 Å². The summed E-state index contributed by atoms with van der Waals surface area (Å²) in [6, 6.07) is 7.21. The fourth-order valence-electron chi connectivity index (χ4n) is 3.90. The highest BCUT2D eigenvalue weighted by Crippen LogP contribution is 2.33. The number of fused-ring (bicyclic) bond motifs is 1. The van der Waals surface area contributed by atoms with Crippen molar-refractivity contribution in [2.45, 2.75) is 31.3 Å². The first-order chi connectivity index (χ1) is 15.0. The fraction of sp³-hybridized carbons (Fsp3) is 0.261. The van der Waals surface area contributed by atoms with Gasteiger partial charge in [-0.2, -0.15) is 0 Å². The molecule has 0 aliphatic heterocycles. The Labute approximate surface area is 178 Å². The summed E-state index contributed by atoms with van der Waals surface area (Å²) in [6.07, 6.45) is 9.35. The van der Waals surface area contributed by atoms with E-state index in [4.69, 9.17) is 11.2 Å². The van der Waals surface area contributed by atoms with E-state index in [0.29, 0.717) is 22.4 Å². The van der Waals surface area contributed by atoms with Crippen LogP contribution in [0.15, 0.2) is 36.5 Å². The Morgan fingerprint density at radius 1 is 1.23 bits per heavy atom. The van der Waals surface area contributed by atoms with Gasteiger partial charge in [-0.15, -0.1) is 6.42 Å². The van der Waals surface area contributed by atoms with Crippen LogP contribution in [0.5, 0.6) is 5.75 Å². The molecule has 158 valence electrons. The molecule has 1 heterocycles. The van der Waals surface area contributed by atoms with Gasteiger partial charge in [0.25, 0.3) is 5.91 Å². The number of amides is 1. The standard InChI is InChI=1S/C23H20F2N4O2/c1-3-20(30)27-17-5-4-6-18(17)29-23-26-12-14-11-13(7-9-16(14)28-23)21-15(24)8-10-19(31-2)22(21)25/h1,7-12,17-18H,4-6H2,2H3,(H,27,30)(H,26,28,29). The first-order valence-electron chi connectivity index (χ1n) is 9.83. The normalized spacial score (nSPS) is 17.9. The van der Waals surface area contributed by atoms with Crippen LogP contribution in [0.1, 0.15) is 19.3 Å². The lowest BCUT2D eigenvalue weighted by molar-refractivity contribution is -0.116. The molecular weight excluding hydrogens is 402 g/mol. The van der Waals surface area contributed by atoms with Gasteiger partial charge >= 0.3 is 0 Å². The maximum absolute atomic E-state index is 14.6. The number of halogens is 2. The largest absolute Gasteiger partial charge is 0.494 e. The van der Waals surface area contributed by atoms with Crippen LogP contribution in [0.4, 0.5) is 14.7 Å². The van der Waals surface area contributed by atoms with Crippen LogP contribution < -0.4 is 15.4 Å². The number of terminal acetylenes is 1. The van der Waals surface area contributed by atoms with Crippen LogP contribution >= 0.6 is 0 Å². The van der Waals surface area contributed by atoms with E-state index < -0.39 is 17.5 Å². The van der Waals surface area contributed by atoms with Gasteiger partial charge in [0.05, 0.1) is 18.2 Å². The van der Waals surface area contributed by atoms with Gasteiger partial charge in [0, 0.05) is 23.7 Å². The maximum Gasteiger partial charge on any atom is 0.295 e. The number of hydrogen-bond acceptors (Lipinski definition) is 5. The predicted molar refractivity (Wildman–Crippen MR) is 113 cm³/mol. The lowest BCUT2D eigenvalue weighted by Crippen LogP contribution is -2.43. The molecular formula is C23H20F2N4O2. The van der Waals surface area contributed by atoms with Crippen LogP contribution in [0.25, 0.3) is 22.0 Å². The number of nitrogens with zero attached hydrogens (tertiary/aromatic N) is 2. The minimum absolute atomic E-state index is 0.0321. The zero-order valence-electron chi connectivity index (χ0n) is 16.8. The number of benzene rings is 2. The van der Waals surface area contributed by atoms with Crippen molar-refractivity contribution in [3.63, 3.8) is 0 Å². The number of carbonyl (C=O) groups is 1. The molecule has 8 heteroatoms. The number of hydrogen-bond donors (Lipinski definition) is 2. The highest BCUT2D eigenvalue weighted by atomic mass is 19.1. The van der Waals surface area contributed by atoms with E-state index in [9.17, 15) is 13.6 Å². The van der Waals surface area contributed by atoms with E-state index in [0.717, 1.165) is 19.3 Å². The smallest absolute Gasteiger partial charge is 0.295 e. The van der Waals surface area contributed by atoms with Gasteiger partial charge in [0.1, 0.15) is 5.82 Å². The SMILES string of the molecule is C#CC(=O)NC1CCCC1Nc1ncc2cc(-c3c(F)ccc(OC)c3F)ccc2n1. The zero-order chi connectivity index (χ0) is 22.0. The van der Waals surface area contributed by atoms with E-state index in [1.165, 1.54) is 19.2 Å². The molecule has 6 nitrogen and oxygen atoms in total. The van der Waals surface area contributed by atoms with Gasteiger partial charge in [-0.05, 0) is 55.0 Å². The molecule has 1 fully saturated rings. The van der Waals surface area contributed by atoms with Crippen molar-refractivity contribution < 1.29 is 18.3 Å². The third-order valence-corrected chi connectivity index (χ3v) is 5.42. The van der Waals surface area contributed by atoms with E-state index in [-0.39, 0.29) is 23.4 Å². The van der Waals surface area contributed by atoms with Gasteiger partial charge in [-0.25, -0.2) is 18.7 Å². The summed E-state index contributed by atoms with van der Waals surface area (Å²) >= 11 is 0. The van der Waals surface area contributed by atoms with Gasteiger partial charge in [0.15, 0.2) is 11.6 Å². The minimum atomic E-state index is -0.762. The van der Waals surface area contributed by atoms with Gasteiger partial charge < -0.3 is 15.4 Å². The molecule has 2 unspecified atom stereocenters. The van der Waals surface area contributed by atoms with Crippen molar-refractivity contribution in [2.24, 2.45) is 0 Å². The quantitative estimate of drug-likeness (QED) is 0.614. The minimum Gasteiger partial charge on any atom is -0.494 e. The number of aromatic nitrogens is 2. The highest BCUT2D eigenvalue weighted by molar-refractivity contribution is 5.93. The monoisotopic (exact) mass is 422 g/mol. The van der Waals surface area contributed by atoms with Crippen molar-refractivity contribution >= 4 is 22.8 Å². The Bertz CT molecular complexity index is 1190. The lowest BCUT2D eigenvalue weighted by Gasteiger charge is -2.21. The van der Waals surface area contributed by atoms with Crippen LogP contribution in [-0.4, -0.2) is 35.1 Å². The molecule has 2 N–H and O–H groups in total. The summed E-state index contributed by atoms with van der Waals surface area (Å²) in [5.41, 5.74) is 0.812. The third-order valence-electron chi connectivity index (χ3n) is 5.42. The molecule has 1 aliphatic rings. The number of anilines is 1. The molecule has 3 aromatic rings. The number of nitrogens with one attached hydrogen (secondary N) is 2. The number of carbonyl (C=O) groups excluding carboxylic acids is 1. The van der Waals surface area contributed by atoms with Crippen molar-refractivity contribution in [3.8, 4) is 29.2 Å². The lowest BCUT2D eigenvalue weighted by atomic mass is 10.0. The van der Waals surface area contributed by atoms with E-state index in [2.05, 4.69) is 26.5 Å². The summed E-state index contributed by atoms with van der Waals surface area (Å²) in [6.45, 7) is 0. The molecule has 0 spiro atoms. The van der Waals surface area contributed by atoms with Crippen LogP contribution in [0.3, 0.4) is 0 Å². The Morgan fingerprint density at radius 3 is 2.81 bits per heavy atom. The molecule has 4 rings (SSSR count). The second-order valence-electron chi connectivity index (χ2n) is 7.31. The molecule has 1 amide bonds. The third kappa shape index (κ3) is 4.12. The Kier molecular flexibility index (Phi) is 5.67. The molecule has 0 bridgehead atoms. The fourth-order valence-corrected chi connectivity index (χ4v) is 3.90. The van der Waals surface area contributed by atoms with E-state index >= 15 is 0 Å². The van der Waals surface area contributed by atoms with E-state index in [1.807, 2.05) is 0 Å². The summed E-state index contributed by atoms with van der Waals surface area (Å²) in [7, 11) is 1.33. The molecule has 0 saturated heterocycles. The Balaban J connectivity index is 1.60. The predicted octanol–water partition coefficient (Wildman–Crippen LogP) is 3.67. The van der Waals surface area contributed by atoms with Crippen LogP contribution in [0.2, 0.25) is 0 Å². The Hall–Kier alpha value is -3.73. The summed E-state index contributed by atoms with van der Waals surface area (Å²) in [5.74, 6) is 0.554. The summed E-state index contributed by atoms with van der Waals surface area (Å²) < 4.78 is 33.9. The zero-order valence-corrected chi connectivity index (χ0v) is 16.8. The second kappa shape index (κ2) is 8.56. The first-order valence-corrected chi connectivity index (χ1v) is 9.83. The van der Waals surface area contributed by atoms with Gasteiger partial charge in [-0.3, -0.25) is 4.79 Å². The highest BCUT2D eigenvalue weighted by Gasteiger charge is 2.28. The number of ether oxygens (including phenoxy) is 1. The van der Waals surface area contributed by atoms with Crippen LogP contribution in [0, 0.1) is 24.0 Å². The average Bonchev–Trinajstić information content (AvgIpc) is 3.20. The van der Waals surface area contributed by atoms with E-state index in [1.54, 1.807) is 24.4 Å². The molecule has 1 aliphatic carbocycles. The number of methoxy groups -OCH3 is 1.